The second kappa shape index (κ2) is 6.64. The van der Waals surface area contributed by atoms with Gasteiger partial charge in [0.05, 0.1) is 11.1 Å². The van der Waals surface area contributed by atoms with Crippen LogP contribution in [0.5, 0.6) is 0 Å². The Balaban J connectivity index is 2.63. The smallest absolute Gasteiger partial charge is 0.101 e. The van der Waals surface area contributed by atoms with Crippen molar-refractivity contribution in [3.63, 3.8) is 0 Å². The second-order valence-corrected chi connectivity index (χ2v) is 3.91. The maximum atomic E-state index is 8.88. The van der Waals surface area contributed by atoms with E-state index in [4.69, 9.17) is 10.5 Å². The minimum atomic E-state index is 0.472. The maximum absolute atomic E-state index is 8.88. The van der Waals surface area contributed by atoms with Gasteiger partial charge in [-0.2, -0.15) is 10.5 Å². The molecule has 0 saturated heterocycles. The molecule has 0 spiro atoms. The van der Waals surface area contributed by atoms with Crippen LogP contribution in [0.25, 0.3) is 0 Å². The molecule has 0 radical (unpaired) electrons. The van der Waals surface area contributed by atoms with Gasteiger partial charge in [-0.1, -0.05) is 32.3 Å². The minimum absolute atomic E-state index is 0.472. The van der Waals surface area contributed by atoms with Crippen molar-refractivity contribution in [3.05, 3.63) is 34.9 Å². The van der Waals surface area contributed by atoms with E-state index in [9.17, 15) is 0 Å². The largest absolute Gasteiger partial charge is 0.192 e. The van der Waals surface area contributed by atoms with Crippen LogP contribution in [0.2, 0.25) is 0 Å². The number of unbranched alkanes of at least 4 members (excludes halogenated alkanes) is 3. The van der Waals surface area contributed by atoms with E-state index in [1.807, 2.05) is 18.2 Å². The minimum Gasteiger partial charge on any atom is -0.192 e. The fourth-order valence-electron chi connectivity index (χ4n) is 1.69. The summed E-state index contributed by atoms with van der Waals surface area (Å²) in [6.45, 7) is 2.19. The summed E-state index contributed by atoms with van der Waals surface area (Å²) in [5.41, 5.74) is 2.13. The summed E-state index contributed by atoms with van der Waals surface area (Å²) in [4.78, 5) is 0. The average molecular weight is 212 g/mol. The zero-order valence-electron chi connectivity index (χ0n) is 9.66. The molecule has 1 rings (SSSR count). The molecule has 0 aromatic heterocycles. The molecular formula is C14H16N2. The van der Waals surface area contributed by atoms with Gasteiger partial charge in [0.1, 0.15) is 12.1 Å². The van der Waals surface area contributed by atoms with Gasteiger partial charge in [-0.3, -0.25) is 0 Å². The van der Waals surface area contributed by atoms with Crippen LogP contribution >= 0.6 is 0 Å². The van der Waals surface area contributed by atoms with Gasteiger partial charge in [-0.05, 0) is 30.5 Å². The lowest BCUT2D eigenvalue weighted by atomic mass is 10.0. The molecule has 0 amide bonds. The molecule has 16 heavy (non-hydrogen) atoms. The molecule has 0 aliphatic carbocycles. The molecule has 0 N–H and O–H groups in total. The number of nitriles is 2. The Kier molecular flexibility index (Phi) is 5.09. The van der Waals surface area contributed by atoms with Gasteiger partial charge in [0.15, 0.2) is 0 Å². The van der Waals surface area contributed by atoms with E-state index < -0.39 is 0 Å². The van der Waals surface area contributed by atoms with Gasteiger partial charge in [0, 0.05) is 0 Å². The van der Waals surface area contributed by atoms with Crippen molar-refractivity contribution in [1.29, 1.82) is 10.5 Å². The Morgan fingerprint density at radius 1 is 1.00 bits per heavy atom. The molecule has 0 bridgehead atoms. The molecule has 0 saturated carbocycles. The molecule has 0 fully saturated rings. The second-order valence-electron chi connectivity index (χ2n) is 3.91. The maximum Gasteiger partial charge on any atom is 0.101 e. The number of rotatable bonds is 5. The van der Waals surface area contributed by atoms with Crippen LogP contribution in [-0.4, -0.2) is 0 Å². The first kappa shape index (κ1) is 12.3. The lowest BCUT2D eigenvalue weighted by Gasteiger charge is -2.02. The lowest BCUT2D eigenvalue weighted by molar-refractivity contribution is 0.667. The van der Waals surface area contributed by atoms with E-state index >= 15 is 0 Å². The van der Waals surface area contributed by atoms with E-state index in [0.29, 0.717) is 11.1 Å². The molecule has 82 valence electrons. The SMILES string of the molecule is CCCCCCc1ccc(C#N)c(C#N)c1. The number of hydrogen-bond donors (Lipinski definition) is 0. The molecule has 2 nitrogen and oxygen atoms in total. The Morgan fingerprint density at radius 3 is 2.38 bits per heavy atom. The van der Waals surface area contributed by atoms with Crippen LogP contribution in [0.1, 0.15) is 49.3 Å². The van der Waals surface area contributed by atoms with Gasteiger partial charge >= 0.3 is 0 Å². The van der Waals surface area contributed by atoms with Gasteiger partial charge in [-0.25, -0.2) is 0 Å². The monoisotopic (exact) mass is 212 g/mol. The van der Waals surface area contributed by atoms with Crippen molar-refractivity contribution in [2.24, 2.45) is 0 Å². The van der Waals surface area contributed by atoms with E-state index in [-0.39, 0.29) is 0 Å². The van der Waals surface area contributed by atoms with Crippen molar-refractivity contribution in [2.75, 3.05) is 0 Å². The zero-order valence-corrected chi connectivity index (χ0v) is 9.66. The summed E-state index contributed by atoms with van der Waals surface area (Å²) >= 11 is 0. The van der Waals surface area contributed by atoms with Crippen molar-refractivity contribution in [3.8, 4) is 12.1 Å². The van der Waals surface area contributed by atoms with Gasteiger partial charge in [0.25, 0.3) is 0 Å². The third kappa shape index (κ3) is 3.41. The quantitative estimate of drug-likeness (QED) is 0.701. The van der Waals surface area contributed by atoms with Crippen LogP contribution < -0.4 is 0 Å². The number of nitrogens with zero attached hydrogens (tertiary/aromatic N) is 2. The van der Waals surface area contributed by atoms with Crippen LogP contribution in [0.3, 0.4) is 0 Å². The standard InChI is InChI=1S/C14H16N2/c1-2-3-4-5-6-12-7-8-13(10-15)14(9-12)11-16/h7-9H,2-6H2,1H3. The van der Waals surface area contributed by atoms with Crippen molar-refractivity contribution < 1.29 is 0 Å². The summed E-state index contributed by atoms with van der Waals surface area (Å²) in [5.74, 6) is 0. The third-order valence-electron chi connectivity index (χ3n) is 2.64. The molecule has 0 aliphatic rings. The molecule has 1 aromatic rings. The summed E-state index contributed by atoms with van der Waals surface area (Å²) in [7, 11) is 0. The topological polar surface area (TPSA) is 47.6 Å². The van der Waals surface area contributed by atoms with Crippen LogP contribution in [0.15, 0.2) is 18.2 Å². The molecule has 0 aliphatic heterocycles. The number of benzene rings is 1. The van der Waals surface area contributed by atoms with Crippen molar-refractivity contribution in [2.45, 2.75) is 39.0 Å². The van der Waals surface area contributed by atoms with Gasteiger partial charge in [0.2, 0.25) is 0 Å². The highest BCUT2D eigenvalue weighted by Crippen LogP contribution is 2.13. The predicted molar refractivity (Wildman–Crippen MR) is 63.7 cm³/mol. The van der Waals surface area contributed by atoms with E-state index in [1.165, 1.54) is 19.3 Å². The van der Waals surface area contributed by atoms with E-state index in [2.05, 4.69) is 13.0 Å². The van der Waals surface area contributed by atoms with E-state index in [0.717, 1.165) is 18.4 Å². The Labute approximate surface area is 97.1 Å². The third-order valence-corrected chi connectivity index (χ3v) is 2.64. The number of aryl methyl sites for hydroxylation is 1. The first-order chi connectivity index (χ1) is 7.81. The van der Waals surface area contributed by atoms with Crippen LogP contribution in [-0.2, 0) is 6.42 Å². The highest BCUT2D eigenvalue weighted by molar-refractivity contribution is 5.47. The fourth-order valence-corrected chi connectivity index (χ4v) is 1.69. The molecule has 0 atom stereocenters. The predicted octanol–water partition coefficient (Wildman–Crippen LogP) is 3.55. The molecule has 1 aromatic carbocycles. The zero-order chi connectivity index (χ0) is 11.8. The van der Waals surface area contributed by atoms with Crippen molar-refractivity contribution >= 4 is 0 Å². The first-order valence-corrected chi connectivity index (χ1v) is 5.75. The summed E-state index contributed by atoms with van der Waals surface area (Å²) < 4.78 is 0. The molecule has 0 heterocycles. The van der Waals surface area contributed by atoms with Crippen LogP contribution in [0.4, 0.5) is 0 Å². The highest BCUT2D eigenvalue weighted by Gasteiger charge is 2.02. The Hall–Kier alpha value is -1.80. The molecule has 2 heteroatoms. The van der Waals surface area contributed by atoms with E-state index in [1.54, 1.807) is 6.07 Å². The van der Waals surface area contributed by atoms with Gasteiger partial charge < -0.3 is 0 Å². The molecular weight excluding hydrogens is 196 g/mol. The molecule has 0 unspecified atom stereocenters. The van der Waals surface area contributed by atoms with Gasteiger partial charge in [-0.15, -0.1) is 0 Å². The first-order valence-electron chi connectivity index (χ1n) is 5.75. The average Bonchev–Trinajstić information content (AvgIpc) is 2.34. The Bertz CT molecular complexity index is 421. The van der Waals surface area contributed by atoms with Crippen LogP contribution in [0, 0.1) is 22.7 Å². The summed E-state index contributed by atoms with van der Waals surface area (Å²) in [5, 5.41) is 17.7. The summed E-state index contributed by atoms with van der Waals surface area (Å²) in [6, 6.07) is 9.62. The summed E-state index contributed by atoms with van der Waals surface area (Å²) in [6.07, 6.45) is 5.89. The highest BCUT2D eigenvalue weighted by atomic mass is 14.3. The fraction of sp³-hybridized carbons (Fsp3) is 0.429. The Morgan fingerprint density at radius 2 is 1.75 bits per heavy atom. The number of hydrogen-bond acceptors (Lipinski definition) is 2. The normalized spacial score (nSPS) is 9.44. The lowest BCUT2D eigenvalue weighted by Crippen LogP contribution is -1.90. The van der Waals surface area contributed by atoms with Crippen molar-refractivity contribution in [1.82, 2.24) is 0 Å².